The third-order valence-corrected chi connectivity index (χ3v) is 15.2. The van der Waals surface area contributed by atoms with E-state index in [2.05, 4.69) is 73.0 Å². The molecule has 1 aliphatic heterocycles. The van der Waals surface area contributed by atoms with Gasteiger partial charge in [0.1, 0.15) is 0 Å². The second kappa shape index (κ2) is 6.89. The lowest BCUT2D eigenvalue weighted by molar-refractivity contribution is -0.139. The molecule has 1 heterocycles. The van der Waals surface area contributed by atoms with E-state index in [0.29, 0.717) is 6.42 Å². The van der Waals surface area contributed by atoms with Crippen LogP contribution in [-0.4, -0.2) is 33.8 Å². The molecule has 0 saturated carbocycles. The van der Waals surface area contributed by atoms with E-state index in [-0.39, 0.29) is 5.97 Å². The smallest absolute Gasteiger partial charge is 0.310 e. The maximum Gasteiger partial charge on any atom is 0.310 e. The molecule has 26 heavy (non-hydrogen) atoms. The summed E-state index contributed by atoms with van der Waals surface area (Å²) < 4.78 is 7.61. The third-order valence-electron chi connectivity index (χ3n) is 5.44. The van der Waals surface area contributed by atoms with Crippen LogP contribution in [0.2, 0.25) is 26.2 Å². The molecule has 0 saturated heterocycles. The zero-order valence-electron chi connectivity index (χ0n) is 16.2. The molecule has 0 aliphatic carbocycles. The van der Waals surface area contributed by atoms with E-state index in [1.807, 2.05) is 18.2 Å². The molecular weight excluding hydrogens is 354 g/mol. The number of nitrogens with zero attached hydrogens (tertiary/aromatic N) is 1. The van der Waals surface area contributed by atoms with Crippen molar-refractivity contribution in [1.82, 2.24) is 4.23 Å². The molecule has 3 nitrogen and oxygen atoms in total. The minimum absolute atomic E-state index is 0.198. The van der Waals surface area contributed by atoms with Gasteiger partial charge in [-0.2, -0.15) is 0 Å². The molecule has 0 atom stereocenters. The molecule has 3 rings (SSSR count). The number of fused-ring (bicyclic) bond motifs is 1. The fourth-order valence-electron chi connectivity index (χ4n) is 4.09. The second-order valence-corrected chi connectivity index (χ2v) is 16.5. The van der Waals surface area contributed by atoms with E-state index < -0.39 is 16.5 Å². The summed E-state index contributed by atoms with van der Waals surface area (Å²) in [6.07, 6.45) is 2.56. The van der Waals surface area contributed by atoms with Crippen LogP contribution in [-0.2, 0) is 9.53 Å². The van der Waals surface area contributed by atoms with Crippen LogP contribution in [0.3, 0.4) is 0 Å². The highest BCUT2D eigenvalue weighted by atomic mass is 28.4. The molecule has 0 fully saturated rings. The molecule has 0 bridgehead atoms. The SMILES string of the molecule is COC(=O)C/C(=C\N1[Si](C)(C)c2ccccc2[Si]1(C)C)c1ccccc1. The largest absolute Gasteiger partial charge is 0.469 e. The number of benzene rings is 2. The summed E-state index contributed by atoms with van der Waals surface area (Å²) in [5.74, 6) is -0.198. The first kappa shape index (κ1) is 18.7. The third kappa shape index (κ3) is 3.17. The maximum atomic E-state index is 12.1. The second-order valence-electron chi connectivity index (χ2n) is 7.81. The molecule has 0 N–H and O–H groups in total. The molecule has 2 aromatic carbocycles. The molecule has 0 aromatic heterocycles. The van der Waals surface area contributed by atoms with Gasteiger partial charge >= 0.3 is 5.97 Å². The quantitative estimate of drug-likeness (QED) is 0.600. The van der Waals surface area contributed by atoms with E-state index in [1.54, 1.807) is 0 Å². The fraction of sp³-hybridized carbons (Fsp3) is 0.286. The van der Waals surface area contributed by atoms with Gasteiger partial charge in [0.05, 0.1) is 13.5 Å². The lowest BCUT2D eigenvalue weighted by Gasteiger charge is -2.39. The number of esters is 1. The zero-order chi connectivity index (χ0) is 18.9. The van der Waals surface area contributed by atoms with Crippen LogP contribution in [0.15, 0.2) is 60.8 Å². The van der Waals surface area contributed by atoms with E-state index in [4.69, 9.17) is 4.74 Å². The van der Waals surface area contributed by atoms with Gasteiger partial charge in [0, 0.05) is 0 Å². The van der Waals surface area contributed by atoms with Crippen molar-refractivity contribution in [3.63, 3.8) is 0 Å². The monoisotopic (exact) mass is 381 g/mol. The van der Waals surface area contributed by atoms with E-state index >= 15 is 0 Å². The Bertz CT molecular complexity index is 809. The molecule has 1 aliphatic rings. The number of hydrogen-bond donors (Lipinski definition) is 0. The molecule has 5 heteroatoms. The van der Waals surface area contributed by atoms with Gasteiger partial charge in [-0.05, 0) is 53.9 Å². The fourth-order valence-corrected chi connectivity index (χ4v) is 16.2. The predicted molar refractivity (Wildman–Crippen MR) is 114 cm³/mol. The molecule has 2 aromatic rings. The Morgan fingerprint density at radius 3 is 1.92 bits per heavy atom. The van der Waals surface area contributed by atoms with Gasteiger partial charge in [-0.3, -0.25) is 4.79 Å². The van der Waals surface area contributed by atoms with Crippen molar-refractivity contribution >= 4 is 38.4 Å². The Kier molecular flexibility index (Phi) is 4.95. The Morgan fingerprint density at radius 1 is 0.923 bits per heavy atom. The van der Waals surface area contributed by atoms with Gasteiger partial charge in [0.2, 0.25) is 0 Å². The average molecular weight is 382 g/mol. The summed E-state index contributed by atoms with van der Waals surface area (Å²) in [6, 6.07) is 19.1. The number of rotatable bonds is 4. The van der Waals surface area contributed by atoms with E-state index in [1.165, 1.54) is 17.5 Å². The van der Waals surface area contributed by atoms with Crippen LogP contribution >= 0.6 is 0 Å². The molecule has 0 amide bonds. The Balaban J connectivity index is 2.11. The van der Waals surface area contributed by atoms with Gasteiger partial charge in [-0.25, -0.2) is 0 Å². The molecule has 136 valence electrons. The van der Waals surface area contributed by atoms with Crippen molar-refractivity contribution in [1.29, 1.82) is 0 Å². The van der Waals surface area contributed by atoms with Gasteiger partial charge in [-0.1, -0.05) is 54.6 Å². The van der Waals surface area contributed by atoms with Gasteiger partial charge in [0.25, 0.3) is 0 Å². The summed E-state index contributed by atoms with van der Waals surface area (Å²) >= 11 is 0. The highest BCUT2D eigenvalue weighted by Gasteiger charge is 2.50. The Morgan fingerprint density at radius 2 is 1.42 bits per heavy atom. The zero-order valence-corrected chi connectivity index (χ0v) is 18.2. The van der Waals surface area contributed by atoms with E-state index in [0.717, 1.165) is 11.1 Å². The molecule has 0 unspecified atom stereocenters. The molecule has 0 spiro atoms. The van der Waals surface area contributed by atoms with Crippen molar-refractivity contribution in [2.45, 2.75) is 32.6 Å². The summed E-state index contributed by atoms with van der Waals surface area (Å²) in [5, 5.41) is 3.05. The van der Waals surface area contributed by atoms with Crippen LogP contribution in [0.25, 0.3) is 5.57 Å². The summed E-state index contributed by atoms with van der Waals surface area (Å²) in [4.78, 5) is 12.1. The van der Waals surface area contributed by atoms with Crippen LogP contribution < -0.4 is 10.4 Å². The van der Waals surface area contributed by atoms with Gasteiger partial charge in [-0.15, -0.1) is 0 Å². The molecule has 0 radical (unpaired) electrons. The lowest BCUT2D eigenvalue weighted by Crippen LogP contribution is -2.57. The normalized spacial score (nSPS) is 17.7. The van der Waals surface area contributed by atoms with Crippen molar-refractivity contribution in [2.24, 2.45) is 0 Å². The van der Waals surface area contributed by atoms with Crippen LogP contribution in [0.5, 0.6) is 0 Å². The predicted octanol–water partition coefficient (Wildman–Crippen LogP) is 3.43. The average Bonchev–Trinajstić information content (AvgIpc) is 2.79. The number of hydrogen-bond acceptors (Lipinski definition) is 3. The minimum atomic E-state index is -1.82. The minimum Gasteiger partial charge on any atom is -0.469 e. The number of ether oxygens (including phenoxy) is 1. The van der Waals surface area contributed by atoms with Crippen molar-refractivity contribution in [2.75, 3.05) is 7.11 Å². The summed E-state index contributed by atoms with van der Waals surface area (Å²) in [5.41, 5.74) is 2.12. The van der Waals surface area contributed by atoms with Crippen molar-refractivity contribution < 1.29 is 9.53 Å². The topological polar surface area (TPSA) is 29.5 Å². The number of methoxy groups -OCH3 is 1. The van der Waals surface area contributed by atoms with Crippen LogP contribution in [0.1, 0.15) is 12.0 Å². The van der Waals surface area contributed by atoms with Crippen molar-refractivity contribution in [3.8, 4) is 0 Å². The first-order valence-electron chi connectivity index (χ1n) is 9.01. The standard InChI is InChI=1S/C21H27NO2Si2/c1-24-21(23)15-18(17-11-7-6-8-12-17)16-22-25(2,3)19-13-9-10-14-20(19)26(22,4)5/h6-14,16H,15H2,1-5H3/b18-16+. The van der Waals surface area contributed by atoms with E-state index in [9.17, 15) is 4.79 Å². The Labute approximate surface area is 158 Å². The van der Waals surface area contributed by atoms with Crippen LogP contribution in [0, 0.1) is 0 Å². The van der Waals surface area contributed by atoms with Gasteiger partial charge in [0.15, 0.2) is 16.5 Å². The highest BCUT2D eigenvalue weighted by Crippen LogP contribution is 2.30. The summed E-state index contributed by atoms with van der Waals surface area (Å²) in [7, 11) is -2.18. The first-order chi connectivity index (χ1) is 12.3. The summed E-state index contributed by atoms with van der Waals surface area (Å²) in [6.45, 7) is 9.63. The first-order valence-corrected chi connectivity index (χ1v) is 14.9. The Hall–Kier alpha value is -2.12. The highest BCUT2D eigenvalue weighted by molar-refractivity contribution is 7.10. The van der Waals surface area contributed by atoms with Gasteiger partial charge < -0.3 is 8.97 Å². The maximum absolute atomic E-state index is 12.1. The number of carbonyl (C=O) groups excluding carboxylic acids is 1. The number of carbonyl (C=O) groups is 1. The lowest BCUT2D eigenvalue weighted by atomic mass is 10.0. The molecular formula is C21H27NO2Si2. The van der Waals surface area contributed by atoms with Crippen molar-refractivity contribution in [3.05, 3.63) is 66.4 Å². The van der Waals surface area contributed by atoms with Crippen LogP contribution in [0.4, 0.5) is 0 Å².